The summed E-state index contributed by atoms with van der Waals surface area (Å²) in [5, 5.41) is 14.6. The summed E-state index contributed by atoms with van der Waals surface area (Å²) in [5.41, 5.74) is 2.52. The van der Waals surface area contributed by atoms with Gasteiger partial charge < -0.3 is 19.1 Å². The highest BCUT2D eigenvalue weighted by atomic mass is 35.5. The zero-order valence-corrected chi connectivity index (χ0v) is 14.0. The van der Waals surface area contributed by atoms with E-state index in [0.29, 0.717) is 39.1 Å². The Hall–Kier alpha value is -2.50. The number of nitrogens with zero attached hydrogens (tertiary/aromatic N) is 1. The summed E-state index contributed by atoms with van der Waals surface area (Å²) in [6.45, 7) is -0.238. The molecule has 0 aliphatic carbocycles. The summed E-state index contributed by atoms with van der Waals surface area (Å²) >= 11 is 5.93. The van der Waals surface area contributed by atoms with Crippen molar-refractivity contribution in [1.82, 2.24) is 5.16 Å². The van der Waals surface area contributed by atoms with Crippen molar-refractivity contribution < 1.29 is 19.1 Å². The van der Waals surface area contributed by atoms with Gasteiger partial charge in [0.15, 0.2) is 5.76 Å². The SMILES string of the molecule is COc1cccc(OC)c1-c1onc(-c2ccc(Cl)cc2)c1CO. The number of aliphatic hydroxyl groups is 1. The van der Waals surface area contributed by atoms with Crippen LogP contribution in [0.15, 0.2) is 47.0 Å². The van der Waals surface area contributed by atoms with E-state index in [4.69, 9.17) is 25.6 Å². The summed E-state index contributed by atoms with van der Waals surface area (Å²) in [6, 6.07) is 12.6. The van der Waals surface area contributed by atoms with Crippen molar-refractivity contribution in [2.45, 2.75) is 6.61 Å². The molecule has 1 N–H and O–H groups in total. The molecule has 0 amide bonds. The molecule has 3 rings (SSSR count). The molecule has 0 bridgehead atoms. The molecule has 0 spiro atoms. The van der Waals surface area contributed by atoms with Gasteiger partial charge in [0.25, 0.3) is 0 Å². The van der Waals surface area contributed by atoms with Crippen LogP contribution >= 0.6 is 11.6 Å². The van der Waals surface area contributed by atoms with Gasteiger partial charge in [-0.25, -0.2) is 0 Å². The van der Waals surface area contributed by atoms with Crippen LogP contribution < -0.4 is 9.47 Å². The van der Waals surface area contributed by atoms with E-state index in [2.05, 4.69) is 5.16 Å². The Morgan fingerprint density at radius 1 is 1.04 bits per heavy atom. The molecule has 0 unspecified atom stereocenters. The summed E-state index contributed by atoms with van der Waals surface area (Å²) in [6.07, 6.45) is 0. The molecule has 3 aromatic rings. The molecule has 5 nitrogen and oxygen atoms in total. The van der Waals surface area contributed by atoms with Crippen LogP contribution in [0.25, 0.3) is 22.6 Å². The molecule has 24 heavy (non-hydrogen) atoms. The van der Waals surface area contributed by atoms with Crippen molar-refractivity contribution in [2.24, 2.45) is 0 Å². The quantitative estimate of drug-likeness (QED) is 0.751. The minimum Gasteiger partial charge on any atom is -0.496 e. The average molecular weight is 346 g/mol. The minimum absolute atomic E-state index is 0.238. The molecule has 6 heteroatoms. The fourth-order valence-electron chi connectivity index (χ4n) is 2.56. The molecule has 0 fully saturated rings. The Bertz CT molecular complexity index is 820. The Morgan fingerprint density at radius 3 is 2.21 bits per heavy atom. The molecule has 0 aliphatic heterocycles. The number of hydrogen-bond donors (Lipinski definition) is 1. The lowest BCUT2D eigenvalue weighted by molar-refractivity contribution is 0.281. The first kappa shape index (κ1) is 16.4. The van der Waals surface area contributed by atoms with Gasteiger partial charge in [-0.2, -0.15) is 0 Å². The predicted octanol–water partition coefficient (Wildman–Crippen LogP) is 4.17. The van der Waals surface area contributed by atoms with E-state index in [1.54, 1.807) is 38.5 Å². The molecule has 0 radical (unpaired) electrons. The van der Waals surface area contributed by atoms with Crippen LogP contribution in [0.3, 0.4) is 0 Å². The van der Waals surface area contributed by atoms with E-state index in [9.17, 15) is 5.11 Å². The first-order chi connectivity index (χ1) is 11.7. The normalized spacial score (nSPS) is 10.7. The van der Waals surface area contributed by atoms with Gasteiger partial charge in [0.2, 0.25) is 0 Å². The molecule has 124 valence electrons. The second-order valence-electron chi connectivity index (χ2n) is 5.04. The standard InChI is InChI=1S/C18H16ClNO4/c1-22-14-4-3-5-15(23-2)16(14)18-13(10-21)17(20-24-18)11-6-8-12(19)9-7-11/h3-9,21H,10H2,1-2H3. The van der Waals surface area contributed by atoms with E-state index >= 15 is 0 Å². The lowest BCUT2D eigenvalue weighted by Gasteiger charge is -2.11. The van der Waals surface area contributed by atoms with Gasteiger partial charge in [0.05, 0.1) is 26.4 Å². The maximum Gasteiger partial charge on any atom is 0.180 e. The molecular weight excluding hydrogens is 330 g/mol. The van der Waals surface area contributed by atoms with Gasteiger partial charge in [-0.3, -0.25) is 0 Å². The smallest absolute Gasteiger partial charge is 0.180 e. The van der Waals surface area contributed by atoms with Crippen LogP contribution in [0.4, 0.5) is 0 Å². The summed E-state index contributed by atoms with van der Waals surface area (Å²) in [4.78, 5) is 0. The number of aliphatic hydroxyl groups excluding tert-OH is 1. The second-order valence-corrected chi connectivity index (χ2v) is 5.48. The Balaban J connectivity index is 2.19. The molecule has 0 atom stereocenters. The summed E-state index contributed by atoms with van der Waals surface area (Å²) in [5.74, 6) is 1.56. The van der Waals surface area contributed by atoms with Crippen LogP contribution in [0, 0.1) is 0 Å². The molecule has 0 saturated carbocycles. The van der Waals surface area contributed by atoms with Gasteiger partial charge in [0, 0.05) is 10.6 Å². The number of aromatic nitrogens is 1. The Labute approximate surface area is 144 Å². The van der Waals surface area contributed by atoms with Crippen molar-refractivity contribution in [3.05, 3.63) is 53.1 Å². The van der Waals surface area contributed by atoms with Crippen molar-refractivity contribution >= 4 is 11.6 Å². The highest BCUT2D eigenvalue weighted by molar-refractivity contribution is 6.30. The largest absolute Gasteiger partial charge is 0.496 e. The number of ether oxygens (including phenoxy) is 2. The fraction of sp³-hybridized carbons (Fsp3) is 0.167. The van der Waals surface area contributed by atoms with Crippen molar-refractivity contribution in [2.75, 3.05) is 14.2 Å². The topological polar surface area (TPSA) is 64.7 Å². The third kappa shape index (κ3) is 2.84. The molecule has 1 heterocycles. The highest BCUT2D eigenvalue weighted by Gasteiger charge is 2.24. The minimum atomic E-state index is -0.238. The van der Waals surface area contributed by atoms with Crippen LogP contribution in [0.1, 0.15) is 5.56 Å². The number of methoxy groups -OCH3 is 2. The maximum atomic E-state index is 9.88. The van der Waals surface area contributed by atoms with Crippen LogP contribution in [-0.4, -0.2) is 24.5 Å². The van der Waals surface area contributed by atoms with Crippen molar-refractivity contribution in [3.8, 4) is 34.1 Å². The first-order valence-corrected chi connectivity index (χ1v) is 7.64. The zero-order chi connectivity index (χ0) is 17.1. The average Bonchev–Trinajstić information content (AvgIpc) is 3.05. The molecule has 0 saturated heterocycles. The van der Waals surface area contributed by atoms with E-state index in [1.165, 1.54) is 0 Å². The number of halogens is 1. The third-order valence-electron chi connectivity index (χ3n) is 3.72. The maximum absolute atomic E-state index is 9.88. The molecule has 2 aromatic carbocycles. The van der Waals surface area contributed by atoms with E-state index < -0.39 is 0 Å². The first-order valence-electron chi connectivity index (χ1n) is 7.26. The Morgan fingerprint density at radius 2 is 1.67 bits per heavy atom. The van der Waals surface area contributed by atoms with E-state index in [0.717, 1.165) is 5.56 Å². The van der Waals surface area contributed by atoms with E-state index in [-0.39, 0.29) is 6.61 Å². The highest BCUT2D eigenvalue weighted by Crippen LogP contribution is 2.42. The molecule has 1 aromatic heterocycles. The monoisotopic (exact) mass is 345 g/mol. The van der Waals surface area contributed by atoms with Crippen LogP contribution in [0.2, 0.25) is 5.02 Å². The van der Waals surface area contributed by atoms with Gasteiger partial charge >= 0.3 is 0 Å². The lowest BCUT2D eigenvalue weighted by Crippen LogP contribution is -1.95. The van der Waals surface area contributed by atoms with Gasteiger partial charge in [-0.15, -0.1) is 0 Å². The third-order valence-corrected chi connectivity index (χ3v) is 3.97. The number of rotatable bonds is 5. The van der Waals surface area contributed by atoms with Gasteiger partial charge in [0.1, 0.15) is 22.8 Å². The van der Waals surface area contributed by atoms with Crippen LogP contribution in [-0.2, 0) is 6.61 Å². The predicted molar refractivity (Wildman–Crippen MR) is 91.4 cm³/mol. The van der Waals surface area contributed by atoms with Crippen molar-refractivity contribution in [1.29, 1.82) is 0 Å². The number of hydrogen-bond acceptors (Lipinski definition) is 5. The zero-order valence-electron chi connectivity index (χ0n) is 13.2. The van der Waals surface area contributed by atoms with Gasteiger partial charge in [-0.1, -0.05) is 35.0 Å². The molecular formula is C18H16ClNO4. The van der Waals surface area contributed by atoms with E-state index in [1.807, 2.05) is 18.2 Å². The van der Waals surface area contributed by atoms with Crippen molar-refractivity contribution in [3.63, 3.8) is 0 Å². The summed E-state index contributed by atoms with van der Waals surface area (Å²) in [7, 11) is 3.13. The Kier molecular flexibility index (Phi) is 4.74. The summed E-state index contributed by atoms with van der Waals surface area (Å²) < 4.78 is 16.4. The van der Waals surface area contributed by atoms with Crippen LogP contribution in [0.5, 0.6) is 11.5 Å². The number of benzene rings is 2. The molecule has 0 aliphatic rings. The second kappa shape index (κ2) is 6.95. The van der Waals surface area contributed by atoms with Gasteiger partial charge in [-0.05, 0) is 24.3 Å². The fourth-order valence-corrected chi connectivity index (χ4v) is 2.69. The lowest BCUT2D eigenvalue weighted by atomic mass is 10.0.